The summed E-state index contributed by atoms with van der Waals surface area (Å²) in [6.45, 7) is 9.68. The molecule has 0 aliphatic rings. The Labute approximate surface area is 68.7 Å². The number of hydrogen-bond donors (Lipinski definition) is 1. The molecule has 0 radical (unpaired) electrons. The molecule has 0 saturated carbocycles. The fraction of sp³-hybridized carbons (Fsp3) is 0.400. The van der Waals surface area contributed by atoms with E-state index in [0.29, 0.717) is 0 Å². The summed E-state index contributed by atoms with van der Waals surface area (Å²) in [4.78, 5) is 0. The molecule has 1 nitrogen and oxygen atoms in total. The third-order valence-corrected chi connectivity index (χ3v) is 1.53. The molecule has 0 fully saturated rings. The number of rotatable bonds is 3. The molecule has 0 atom stereocenters. The molecule has 0 aliphatic carbocycles. The van der Waals surface area contributed by atoms with E-state index in [0.717, 1.165) is 16.7 Å². The Morgan fingerprint density at radius 2 is 2.00 bits per heavy atom. The zero-order valence-electron chi connectivity index (χ0n) is 7.52. The first-order chi connectivity index (χ1) is 5.11. The van der Waals surface area contributed by atoms with Crippen LogP contribution < -0.4 is 0 Å². The Kier molecular flexibility index (Phi) is 4.55. The minimum absolute atomic E-state index is 0.0863. The fourth-order valence-corrected chi connectivity index (χ4v) is 0.767. The first-order valence-corrected chi connectivity index (χ1v) is 3.72. The van der Waals surface area contributed by atoms with Crippen molar-refractivity contribution in [2.45, 2.75) is 20.8 Å². The van der Waals surface area contributed by atoms with Crippen LogP contribution in [0, 0.1) is 0 Å². The predicted molar refractivity (Wildman–Crippen MR) is 49.4 cm³/mol. The Morgan fingerprint density at radius 1 is 1.45 bits per heavy atom. The number of hydrogen-bond acceptors (Lipinski definition) is 1. The summed E-state index contributed by atoms with van der Waals surface area (Å²) in [5.41, 5.74) is 3.02. The standard InChI is InChI=1S/C10H16O/c1-5-9(4)10(7-11)6-8(2)3/h5-6,11H,2,7H2,1,3-4H3/b9-5-,10-6-. The Balaban J connectivity index is 4.53. The van der Waals surface area contributed by atoms with Crippen LogP contribution in [0.4, 0.5) is 0 Å². The van der Waals surface area contributed by atoms with E-state index in [9.17, 15) is 0 Å². The van der Waals surface area contributed by atoms with Crippen LogP contribution in [0.3, 0.4) is 0 Å². The molecule has 0 rings (SSSR count). The summed E-state index contributed by atoms with van der Waals surface area (Å²) in [7, 11) is 0. The maximum absolute atomic E-state index is 8.93. The predicted octanol–water partition coefficient (Wildman–Crippen LogP) is 2.45. The number of aliphatic hydroxyl groups is 1. The van der Waals surface area contributed by atoms with Gasteiger partial charge in [-0.25, -0.2) is 0 Å². The zero-order chi connectivity index (χ0) is 8.85. The van der Waals surface area contributed by atoms with Gasteiger partial charge in [0.2, 0.25) is 0 Å². The highest BCUT2D eigenvalue weighted by molar-refractivity contribution is 5.34. The van der Waals surface area contributed by atoms with Crippen molar-refractivity contribution < 1.29 is 5.11 Å². The second-order valence-electron chi connectivity index (χ2n) is 2.65. The number of aliphatic hydroxyl groups excluding tert-OH is 1. The second-order valence-corrected chi connectivity index (χ2v) is 2.65. The number of allylic oxidation sites excluding steroid dienone is 3. The third kappa shape index (κ3) is 3.79. The molecule has 0 saturated heterocycles. The molecule has 0 aromatic rings. The van der Waals surface area contributed by atoms with Crippen molar-refractivity contribution in [1.82, 2.24) is 0 Å². The van der Waals surface area contributed by atoms with Crippen molar-refractivity contribution in [2.24, 2.45) is 0 Å². The van der Waals surface area contributed by atoms with Gasteiger partial charge in [0.25, 0.3) is 0 Å². The van der Waals surface area contributed by atoms with Gasteiger partial charge in [0.1, 0.15) is 0 Å². The van der Waals surface area contributed by atoms with E-state index in [1.807, 2.05) is 32.9 Å². The van der Waals surface area contributed by atoms with E-state index < -0.39 is 0 Å². The molecular weight excluding hydrogens is 136 g/mol. The summed E-state index contributed by atoms with van der Waals surface area (Å²) in [5, 5.41) is 8.93. The lowest BCUT2D eigenvalue weighted by molar-refractivity contribution is 0.333. The second kappa shape index (κ2) is 4.91. The van der Waals surface area contributed by atoms with Gasteiger partial charge >= 0.3 is 0 Å². The van der Waals surface area contributed by atoms with Crippen molar-refractivity contribution in [3.63, 3.8) is 0 Å². The van der Waals surface area contributed by atoms with Gasteiger partial charge in [0, 0.05) is 0 Å². The lowest BCUT2D eigenvalue weighted by Gasteiger charge is -2.02. The Morgan fingerprint density at radius 3 is 2.27 bits per heavy atom. The highest BCUT2D eigenvalue weighted by Crippen LogP contribution is 2.10. The van der Waals surface area contributed by atoms with E-state index >= 15 is 0 Å². The maximum atomic E-state index is 8.93. The molecule has 0 heterocycles. The van der Waals surface area contributed by atoms with Gasteiger partial charge in [-0.3, -0.25) is 0 Å². The van der Waals surface area contributed by atoms with Crippen molar-refractivity contribution in [2.75, 3.05) is 6.61 Å². The van der Waals surface area contributed by atoms with E-state index in [2.05, 4.69) is 6.58 Å². The topological polar surface area (TPSA) is 20.2 Å². The van der Waals surface area contributed by atoms with Gasteiger partial charge in [0.15, 0.2) is 0 Å². The Bertz CT molecular complexity index is 197. The molecule has 1 N–H and O–H groups in total. The summed E-state index contributed by atoms with van der Waals surface area (Å²) in [6.07, 6.45) is 3.88. The van der Waals surface area contributed by atoms with E-state index in [1.165, 1.54) is 0 Å². The highest BCUT2D eigenvalue weighted by Gasteiger charge is 1.95. The molecule has 1 heteroatoms. The molecule has 0 amide bonds. The molecule has 11 heavy (non-hydrogen) atoms. The van der Waals surface area contributed by atoms with Crippen LogP contribution in [0.25, 0.3) is 0 Å². The van der Waals surface area contributed by atoms with Crippen LogP contribution in [0.5, 0.6) is 0 Å². The largest absolute Gasteiger partial charge is 0.392 e. The maximum Gasteiger partial charge on any atom is 0.0684 e. The van der Waals surface area contributed by atoms with Gasteiger partial charge in [0.05, 0.1) is 6.61 Å². The molecule has 0 bridgehead atoms. The third-order valence-electron chi connectivity index (χ3n) is 1.53. The minimum Gasteiger partial charge on any atom is -0.392 e. The Hall–Kier alpha value is -0.820. The first kappa shape index (κ1) is 10.2. The molecule has 0 unspecified atom stereocenters. The average Bonchev–Trinajstić information content (AvgIpc) is 1.98. The van der Waals surface area contributed by atoms with E-state index in [4.69, 9.17) is 5.11 Å². The SMILES string of the molecule is C=C(C)/C=C(CO)\C(C)=C/C. The van der Waals surface area contributed by atoms with Crippen LogP contribution in [0.1, 0.15) is 20.8 Å². The smallest absolute Gasteiger partial charge is 0.0684 e. The van der Waals surface area contributed by atoms with Crippen molar-refractivity contribution in [1.29, 1.82) is 0 Å². The fourth-order valence-electron chi connectivity index (χ4n) is 0.767. The molecule has 62 valence electrons. The van der Waals surface area contributed by atoms with Gasteiger partial charge in [-0.1, -0.05) is 24.3 Å². The summed E-state index contributed by atoms with van der Waals surface area (Å²) < 4.78 is 0. The van der Waals surface area contributed by atoms with Crippen LogP contribution in [0.2, 0.25) is 0 Å². The van der Waals surface area contributed by atoms with E-state index in [1.54, 1.807) is 0 Å². The summed E-state index contributed by atoms with van der Waals surface area (Å²) in [5.74, 6) is 0. The molecular formula is C10H16O. The van der Waals surface area contributed by atoms with Crippen LogP contribution >= 0.6 is 0 Å². The summed E-state index contributed by atoms with van der Waals surface area (Å²) in [6, 6.07) is 0. The highest BCUT2D eigenvalue weighted by atomic mass is 16.3. The van der Waals surface area contributed by atoms with E-state index in [-0.39, 0.29) is 6.61 Å². The zero-order valence-corrected chi connectivity index (χ0v) is 7.52. The van der Waals surface area contributed by atoms with Crippen molar-refractivity contribution in [3.8, 4) is 0 Å². The van der Waals surface area contributed by atoms with Gasteiger partial charge in [-0.2, -0.15) is 0 Å². The van der Waals surface area contributed by atoms with Gasteiger partial charge < -0.3 is 5.11 Å². The lowest BCUT2D eigenvalue weighted by Crippen LogP contribution is -1.92. The van der Waals surface area contributed by atoms with Crippen LogP contribution in [0.15, 0.2) is 35.5 Å². The first-order valence-electron chi connectivity index (χ1n) is 3.72. The summed E-state index contributed by atoms with van der Waals surface area (Å²) >= 11 is 0. The minimum atomic E-state index is 0.0863. The molecule has 0 aromatic heterocycles. The van der Waals surface area contributed by atoms with Crippen molar-refractivity contribution in [3.05, 3.63) is 35.5 Å². The van der Waals surface area contributed by atoms with Gasteiger partial charge in [-0.15, -0.1) is 0 Å². The van der Waals surface area contributed by atoms with Crippen LogP contribution in [-0.4, -0.2) is 11.7 Å². The average molecular weight is 152 g/mol. The molecule has 0 spiro atoms. The molecule has 0 aromatic carbocycles. The van der Waals surface area contributed by atoms with Crippen LogP contribution in [-0.2, 0) is 0 Å². The van der Waals surface area contributed by atoms with Gasteiger partial charge in [-0.05, 0) is 31.9 Å². The molecule has 0 aliphatic heterocycles. The van der Waals surface area contributed by atoms with Crippen molar-refractivity contribution >= 4 is 0 Å². The monoisotopic (exact) mass is 152 g/mol. The quantitative estimate of drug-likeness (QED) is 0.616. The lowest BCUT2D eigenvalue weighted by atomic mass is 10.1. The normalized spacial score (nSPS) is 13.5.